The highest BCUT2D eigenvalue weighted by atomic mass is 32.2. The third-order valence-electron chi connectivity index (χ3n) is 3.93. The van der Waals surface area contributed by atoms with Gasteiger partial charge in [0.2, 0.25) is 15.9 Å². The summed E-state index contributed by atoms with van der Waals surface area (Å²) in [6.45, 7) is 7.73. The fourth-order valence-electron chi connectivity index (χ4n) is 2.74. The van der Waals surface area contributed by atoms with Crippen molar-refractivity contribution in [2.75, 3.05) is 25.4 Å². The van der Waals surface area contributed by atoms with Crippen LogP contribution in [0.25, 0.3) is 0 Å². The highest BCUT2D eigenvalue weighted by Gasteiger charge is 2.33. The highest BCUT2D eigenvalue weighted by molar-refractivity contribution is 7.89. The number of nitrogens with zero attached hydrogens (tertiary/aromatic N) is 2. The summed E-state index contributed by atoms with van der Waals surface area (Å²) in [5.74, 6) is -1.17. The lowest BCUT2D eigenvalue weighted by Crippen LogP contribution is -2.51. The van der Waals surface area contributed by atoms with E-state index in [4.69, 9.17) is 5.11 Å². The zero-order valence-electron chi connectivity index (χ0n) is 14.4. The molecule has 0 aliphatic carbocycles. The second kappa shape index (κ2) is 7.61. The number of hydrogen-bond donors (Lipinski definition) is 1. The fourth-order valence-corrected chi connectivity index (χ4v) is 3.87. The van der Waals surface area contributed by atoms with Gasteiger partial charge in [-0.3, -0.25) is 9.59 Å². The maximum Gasteiger partial charge on any atom is 0.323 e. The van der Waals surface area contributed by atoms with E-state index >= 15 is 0 Å². The van der Waals surface area contributed by atoms with Crippen molar-refractivity contribution in [3.8, 4) is 0 Å². The zero-order valence-corrected chi connectivity index (χ0v) is 15.2. The summed E-state index contributed by atoms with van der Waals surface area (Å²) in [5, 5.41) is 9.08. The van der Waals surface area contributed by atoms with Crippen LogP contribution in [-0.4, -0.2) is 66.0 Å². The first-order valence-electron chi connectivity index (χ1n) is 7.95. The molecule has 1 amide bonds. The number of aliphatic carboxylic acids is 1. The van der Waals surface area contributed by atoms with Crippen molar-refractivity contribution < 1.29 is 23.1 Å². The Kier molecular flexibility index (Phi) is 6.59. The molecule has 0 spiro atoms. The van der Waals surface area contributed by atoms with Gasteiger partial charge in [0.1, 0.15) is 6.54 Å². The van der Waals surface area contributed by atoms with Gasteiger partial charge in [-0.1, -0.05) is 20.8 Å². The molecule has 1 aliphatic heterocycles. The average molecular weight is 348 g/mol. The van der Waals surface area contributed by atoms with Crippen LogP contribution in [0.3, 0.4) is 0 Å². The van der Waals surface area contributed by atoms with Gasteiger partial charge in [0, 0.05) is 25.6 Å². The van der Waals surface area contributed by atoms with E-state index in [9.17, 15) is 18.0 Å². The first-order chi connectivity index (χ1) is 10.5. The molecule has 0 saturated carbocycles. The zero-order chi connectivity index (χ0) is 17.8. The fraction of sp³-hybridized carbons (Fsp3) is 0.867. The van der Waals surface area contributed by atoms with E-state index in [0.29, 0.717) is 25.9 Å². The maximum absolute atomic E-state index is 12.5. The van der Waals surface area contributed by atoms with Gasteiger partial charge in [-0.15, -0.1) is 0 Å². The minimum atomic E-state index is -3.23. The van der Waals surface area contributed by atoms with Crippen LogP contribution in [0.2, 0.25) is 0 Å². The van der Waals surface area contributed by atoms with E-state index in [-0.39, 0.29) is 36.1 Å². The quantitative estimate of drug-likeness (QED) is 0.777. The van der Waals surface area contributed by atoms with Crippen LogP contribution >= 0.6 is 0 Å². The molecule has 1 N–H and O–H groups in total. The molecule has 0 aromatic rings. The highest BCUT2D eigenvalue weighted by Crippen LogP contribution is 2.24. The molecule has 8 heteroatoms. The Morgan fingerprint density at radius 3 is 2.13 bits per heavy atom. The van der Waals surface area contributed by atoms with E-state index in [2.05, 4.69) is 0 Å². The van der Waals surface area contributed by atoms with Crippen LogP contribution < -0.4 is 0 Å². The lowest BCUT2D eigenvalue weighted by Gasteiger charge is -2.38. The number of amides is 1. The van der Waals surface area contributed by atoms with Crippen molar-refractivity contribution in [3.63, 3.8) is 0 Å². The second-order valence-electron chi connectivity index (χ2n) is 7.18. The number of carbonyl (C=O) groups excluding carboxylic acids is 1. The number of carboxylic acid groups (broad SMARTS) is 1. The molecule has 0 bridgehead atoms. The molecule has 23 heavy (non-hydrogen) atoms. The Bertz CT molecular complexity index is 531. The van der Waals surface area contributed by atoms with Crippen molar-refractivity contribution in [1.29, 1.82) is 0 Å². The molecule has 0 radical (unpaired) electrons. The van der Waals surface area contributed by atoms with Crippen LogP contribution in [0.1, 0.15) is 47.0 Å². The normalized spacial score (nSPS) is 17.9. The van der Waals surface area contributed by atoms with Crippen molar-refractivity contribution >= 4 is 21.9 Å². The van der Waals surface area contributed by atoms with Crippen molar-refractivity contribution in [2.24, 2.45) is 5.41 Å². The van der Waals surface area contributed by atoms with Crippen molar-refractivity contribution in [1.82, 2.24) is 9.21 Å². The van der Waals surface area contributed by atoms with Crippen LogP contribution in [0, 0.1) is 5.41 Å². The maximum atomic E-state index is 12.5. The lowest BCUT2D eigenvalue weighted by atomic mass is 9.91. The van der Waals surface area contributed by atoms with E-state index in [1.807, 2.05) is 20.8 Å². The largest absolute Gasteiger partial charge is 0.480 e. The lowest BCUT2D eigenvalue weighted by molar-refractivity contribution is -0.147. The first-order valence-corrected chi connectivity index (χ1v) is 9.56. The third-order valence-corrected chi connectivity index (χ3v) is 5.81. The molecule has 1 rings (SSSR count). The number of hydrogen-bond acceptors (Lipinski definition) is 4. The van der Waals surface area contributed by atoms with E-state index in [1.165, 1.54) is 9.21 Å². The minimum Gasteiger partial charge on any atom is -0.480 e. The van der Waals surface area contributed by atoms with Gasteiger partial charge in [0.15, 0.2) is 0 Å². The number of carbonyl (C=O) groups is 2. The summed E-state index contributed by atoms with van der Waals surface area (Å²) in [6, 6.07) is -0.218. The van der Waals surface area contributed by atoms with Crippen molar-refractivity contribution in [3.05, 3.63) is 0 Å². The molecule has 0 aromatic heterocycles. The summed E-state index contributed by atoms with van der Waals surface area (Å²) in [6.07, 6.45) is 1.22. The molecular formula is C15H28N2O5S. The van der Waals surface area contributed by atoms with Gasteiger partial charge in [-0.05, 0) is 25.2 Å². The topological polar surface area (TPSA) is 95.0 Å². The van der Waals surface area contributed by atoms with Gasteiger partial charge in [0.05, 0.1) is 5.75 Å². The summed E-state index contributed by atoms with van der Waals surface area (Å²) in [7, 11) is -3.23. The Hall–Kier alpha value is -1.15. The summed E-state index contributed by atoms with van der Waals surface area (Å²) < 4.78 is 25.2. The number of carboxylic acids is 1. The monoisotopic (exact) mass is 348 g/mol. The molecule has 7 nitrogen and oxygen atoms in total. The number of rotatable bonds is 6. The summed E-state index contributed by atoms with van der Waals surface area (Å²) in [4.78, 5) is 25.0. The van der Waals surface area contributed by atoms with E-state index < -0.39 is 16.0 Å². The predicted molar refractivity (Wildman–Crippen MR) is 87.5 cm³/mol. The molecular weight excluding hydrogens is 320 g/mol. The average Bonchev–Trinajstić information content (AvgIpc) is 2.43. The smallest absolute Gasteiger partial charge is 0.323 e. The number of sulfonamides is 1. The van der Waals surface area contributed by atoms with Gasteiger partial charge >= 0.3 is 5.97 Å². The van der Waals surface area contributed by atoms with Crippen LogP contribution in [0.4, 0.5) is 0 Å². The summed E-state index contributed by atoms with van der Waals surface area (Å²) >= 11 is 0. The Morgan fingerprint density at radius 2 is 1.74 bits per heavy atom. The molecule has 0 unspecified atom stereocenters. The van der Waals surface area contributed by atoms with Crippen LogP contribution in [0.5, 0.6) is 0 Å². The van der Waals surface area contributed by atoms with E-state index in [0.717, 1.165) is 0 Å². The molecule has 134 valence electrons. The summed E-state index contributed by atoms with van der Waals surface area (Å²) in [5.41, 5.74) is -0.222. The first kappa shape index (κ1) is 19.9. The van der Waals surface area contributed by atoms with Gasteiger partial charge in [0.25, 0.3) is 0 Å². The second-order valence-corrected chi connectivity index (χ2v) is 9.44. The standard InChI is InChI=1S/C15H28N2O5S/c1-5-23(21,22)16-8-6-12(7-9-16)17(11-14(19)20)13(18)10-15(2,3)4/h12H,5-11H2,1-4H3,(H,19,20). The van der Waals surface area contributed by atoms with Crippen LogP contribution in [-0.2, 0) is 19.6 Å². The molecule has 0 atom stereocenters. The molecule has 1 aliphatic rings. The van der Waals surface area contributed by atoms with Gasteiger partial charge in [-0.25, -0.2) is 12.7 Å². The molecule has 1 saturated heterocycles. The third kappa shape index (κ3) is 6.10. The Balaban J connectivity index is 2.78. The molecule has 1 heterocycles. The Labute approximate surface area is 138 Å². The van der Waals surface area contributed by atoms with Gasteiger partial charge in [-0.2, -0.15) is 0 Å². The van der Waals surface area contributed by atoms with E-state index in [1.54, 1.807) is 6.92 Å². The number of piperidine rings is 1. The SMILES string of the molecule is CCS(=O)(=O)N1CCC(N(CC(=O)O)C(=O)CC(C)(C)C)CC1. The Morgan fingerprint density at radius 1 is 1.22 bits per heavy atom. The minimum absolute atomic E-state index is 0.0550. The molecule has 0 aromatic carbocycles. The van der Waals surface area contributed by atoms with Crippen LogP contribution in [0.15, 0.2) is 0 Å². The predicted octanol–water partition coefficient (Wildman–Crippen LogP) is 1.15. The molecule has 1 fully saturated rings. The van der Waals surface area contributed by atoms with Gasteiger partial charge < -0.3 is 10.0 Å². The van der Waals surface area contributed by atoms with Crippen molar-refractivity contribution in [2.45, 2.75) is 53.0 Å².